The Kier molecular flexibility index (Phi) is 3.11. The number of nitrogens with one attached hydrogen (secondary N) is 1. The molecule has 1 nitrogen and oxygen atoms in total. The van der Waals surface area contributed by atoms with Crippen LogP contribution in [0.25, 0.3) is 5.57 Å². The molecule has 0 saturated carbocycles. The normalized spacial score (nSPS) is 16.6. The van der Waals surface area contributed by atoms with Crippen LogP contribution in [0.3, 0.4) is 0 Å². The van der Waals surface area contributed by atoms with Crippen LogP contribution in [0.2, 0.25) is 0 Å². The molecule has 15 heavy (non-hydrogen) atoms. The molecule has 0 spiro atoms. The molecular formula is C12H13F2N. The van der Waals surface area contributed by atoms with Gasteiger partial charge in [0.05, 0.1) is 0 Å². The van der Waals surface area contributed by atoms with Crippen molar-refractivity contribution in [2.75, 3.05) is 13.1 Å². The summed E-state index contributed by atoms with van der Waals surface area (Å²) in [5.41, 5.74) is 1.88. The fourth-order valence-corrected chi connectivity index (χ4v) is 1.85. The lowest BCUT2D eigenvalue weighted by Crippen LogP contribution is -2.20. The first kappa shape index (κ1) is 10.3. The van der Waals surface area contributed by atoms with E-state index in [0.29, 0.717) is 5.56 Å². The van der Waals surface area contributed by atoms with E-state index < -0.39 is 6.43 Å². The van der Waals surface area contributed by atoms with Crippen LogP contribution >= 0.6 is 0 Å². The zero-order chi connectivity index (χ0) is 10.7. The van der Waals surface area contributed by atoms with Gasteiger partial charge < -0.3 is 5.32 Å². The highest BCUT2D eigenvalue weighted by atomic mass is 19.3. The van der Waals surface area contributed by atoms with Crippen molar-refractivity contribution in [3.05, 3.63) is 41.5 Å². The summed E-state index contributed by atoms with van der Waals surface area (Å²) in [5.74, 6) is 0. The number of hydrogen-bond acceptors (Lipinski definition) is 1. The van der Waals surface area contributed by atoms with Crippen LogP contribution in [0.4, 0.5) is 8.78 Å². The predicted molar refractivity (Wildman–Crippen MR) is 56.9 cm³/mol. The van der Waals surface area contributed by atoms with Crippen LogP contribution in [0, 0.1) is 0 Å². The van der Waals surface area contributed by atoms with Gasteiger partial charge in [-0.15, -0.1) is 0 Å². The summed E-state index contributed by atoms with van der Waals surface area (Å²) in [7, 11) is 0. The number of alkyl halides is 2. The molecule has 1 aromatic rings. The average molecular weight is 209 g/mol. The molecule has 1 heterocycles. The number of rotatable bonds is 2. The Morgan fingerprint density at radius 1 is 1.20 bits per heavy atom. The Bertz CT molecular complexity index is 372. The second-order valence-electron chi connectivity index (χ2n) is 3.57. The molecular weight excluding hydrogens is 196 g/mol. The van der Waals surface area contributed by atoms with Gasteiger partial charge in [-0.05, 0) is 24.1 Å². The lowest BCUT2D eigenvalue weighted by molar-refractivity contribution is 0.151. The highest BCUT2D eigenvalue weighted by Crippen LogP contribution is 2.29. The summed E-state index contributed by atoms with van der Waals surface area (Å²) in [5, 5.41) is 3.17. The van der Waals surface area contributed by atoms with Gasteiger partial charge in [0.25, 0.3) is 6.43 Å². The minimum absolute atomic E-state index is 0.144. The van der Waals surface area contributed by atoms with Crippen molar-refractivity contribution in [1.29, 1.82) is 0 Å². The highest BCUT2D eigenvalue weighted by Gasteiger charge is 2.15. The van der Waals surface area contributed by atoms with Crippen molar-refractivity contribution in [2.24, 2.45) is 0 Å². The first-order valence-electron chi connectivity index (χ1n) is 5.06. The molecule has 0 fully saturated rings. The summed E-state index contributed by atoms with van der Waals surface area (Å²) < 4.78 is 25.5. The smallest absolute Gasteiger partial charge is 0.264 e. The SMILES string of the molecule is FC(F)c1ccccc1C1=CCNCC1. The molecule has 0 bridgehead atoms. The second kappa shape index (κ2) is 4.53. The van der Waals surface area contributed by atoms with Crippen LogP contribution in [-0.4, -0.2) is 13.1 Å². The van der Waals surface area contributed by atoms with Crippen LogP contribution < -0.4 is 5.32 Å². The molecule has 0 saturated heterocycles. The molecule has 0 atom stereocenters. The van der Waals surface area contributed by atoms with Gasteiger partial charge in [0.2, 0.25) is 0 Å². The quantitative estimate of drug-likeness (QED) is 0.789. The largest absolute Gasteiger partial charge is 0.313 e. The van der Waals surface area contributed by atoms with Crippen molar-refractivity contribution in [3.63, 3.8) is 0 Å². The molecule has 1 aliphatic rings. The summed E-state index contributed by atoms with van der Waals surface area (Å²) in [6, 6.07) is 6.75. The minimum Gasteiger partial charge on any atom is -0.313 e. The van der Waals surface area contributed by atoms with Gasteiger partial charge in [0.1, 0.15) is 0 Å². The van der Waals surface area contributed by atoms with Gasteiger partial charge in [-0.3, -0.25) is 0 Å². The fraction of sp³-hybridized carbons (Fsp3) is 0.333. The van der Waals surface area contributed by atoms with Gasteiger partial charge in [-0.25, -0.2) is 8.78 Å². The van der Waals surface area contributed by atoms with Crippen molar-refractivity contribution < 1.29 is 8.78 Å². The molecule has 0 amide bonds. The van der Waals surface area contributed by atoms with Gasteiger partial charge in [0, 0.05) is 12.1 Å². The molecule has 1 aromatic carbocycles. The Morgan fingerprint density at radius 2 is 2.00 bits per heavy atom. The zero-order valence-corrected chi connectivity index (χ0v) is 8.34. The van der Waals surface area contributed by atoms with Crippen LogP contribution in [0.15, 0.2) is 30.3 Å². The summed E-state index contributed by atoms with van der Waals surface area (Å²) in [4.78, 5) is 0. The highest BCUT2D eigenvalue weighted by molar-refractivity contribution is 5.69. The Balaban J connectivity index is 2.38. The molecule has 0 aliphatic carbocycles. The van der Waals surface area contributed by atoms with E-state index in [4.69, 9.17) is 0 Å². The predicted octanol–water partition coefficient (Wildman–Crippen LogP) is 3.00. The van der Waals surface area contributed by atoms with Gasteiger partial charge in [-0.2, -0.15) is 0 Å². The Hall–Kier alpha value is -1.22. The molecule has 0 radical (unpaired) electrons. The maximum absolute atomic E-state index is 12.7. The Morgan fingerprint density at radius 3 is 2.67 bits per heavy atom. The average Bonchev–Trinajstić information content (AvgIpc) is 2.30. The van der Waals surface area contributed by atoms with Crippen molar-refractivity contribution >= 4 is 5.57 Å². The monoisotopic (exact) mass is 209 g/mol. The first-order chi connectivity index (χ1) is 7.29. The lowest BCUT2D eigenvalue weighted by Gasteiger charge is -2.16. The van der Waals surface area contributed by atoms with Crippen LogP contribution in [0.1, 0.15) is 24.0 Å². The molecule has 0 aromatic heterocycles. The summed E-state index contributed by atoms with van der Waals surface area (Å²) >= 11 is 0. The van der Waals surface area contributed by atoms with Crippen LogP contribution in [0.5, 0.6) is 0 Å². The standard InChI is InChI=1S/C12H13F2N/c13-12(14)11-4-2-1-3-10(11)9-5-7-15-8-6-9/h1-5,12,15H,6-8H2. The number of hydrogen-bond donors (Lipinski definition) is 1. The molecule has 0 unspecified atom stereocenters. The van der Waals surface area contributed by atoms with Crippen molar-refractivity contribution in [1.82, 2.24) is 5.32 Å². The topological polar surface area (TPSA) is 12.0 Å². The second-order valence-corrected chi connectivity index (χ2v) is 3.57. The molecule has 3 heteroatoms. The van der Waals surface area contributed by atoms with E-state index in [-0.39, 0.29) is 5.56 Å². The fourth-order valence-electron chi connectivity index (χ4n) is 1.85. The first-order valence-corrected chi connectivity index (χ1v) is 5.06. The van der Waals surface area contributed by atoms with E-state index in [1.54, 1.807) is 12.1 Å². The minimum atomic E-state index is -2.39. The summed E-state index contributed by atoms with van der Waals surface area (Å²) in [6.45, 7) is 1.64. The maximum Gasteiger partial charge on any atom is 0.264 e. The molecule has 2 rings (SSSR count). The molecule has 1 aliphatic heterocycles. The van der Waals surface area contributed by atoms with Gasteiger partial charge in [-0.1, -0.05) is 30.3 Å². The maximum atomic E-state index is 12.7. The van der Waals surface area contributed by atoms with E-state index in [9.17, 15) is 8.78 Å². The van der Waals surface area contributed by atoms with Gasteiger partial charge in [0.15, 0.2) is 0 Å². The summed E-state index contributed by atoms with van der Waals surface area (Å²) in [6.07, 6.45) is 0.422. The van der Waals surface area contributed by atoms with Crippen molar-refractivity contribution in [3.8, 4) is 0 Å². The van der Waals surface area contributed by atoms with E-state index in [1.807, 2.05) is 12.1 Å². The molecule has 1 N–H and O–H groups in total. The Labute approximate surface area is 87.8 Å². The van der Waals surface area contributed by atoms with E-state index in [2.05, 4.69) is 5.32 Å². The van der Waals surface area contributed by atoms with Gasteiger partial charge >= 0.3 is 0 Å². The van der Waals surface area contributed by atoms with E-state index in [0.717, 1.165) is 25.1 Å². The van der Waals surface area contributed by atoms with E-state index in [1.165, 1.54) is 6.07 Å². The van der Waals surface area contributed by atoms with Crippen molar-refractivity contribution in [2.45, 2.75) is 12.8 Å². The number of benzene rings is 1. The zero-order valence-electron chi connectivity index (χ0n) is 8.34. The van der Waals surface area contributed by atoms with Crippen LogP contribution in [-0.2, 0) is 0 Å². The third-order valence-electron chi connectivity index (χ3n) is 2.61. The lowest BCUT2D eigenvalue weighted by atomic mass is 9.96. The number of halogens is 2. The third kappa shape index (κ3) is 2.23. The van der Waals surface area contributed by atoms with E-state index >= 15 is 0 Å². The molecule has 80 valence electrons. The third-order valence-corrected chi connectivity index (χ3v) is 2.61.